The summed E-state index contributed by atoms with van der Waals surface area (Å²) in [6, 6.07) is 13.9. The van der Waals surface area contributed by atoms with Gasteiger partial charge in [0.05, 0.1) is 23.2 Å². The van der Waals surface area contributed by atoms with Crippen molar-refractivity contribution in [3.05, 3.63) is 64.9 Å². The fourth-order valence-electron chi connectivity index (χ4n) is 2.06. The number of carbonyl (C=O) groups is 1. The van der Waals surface area contributed by atoms with E-state index in [0.717, 1.165) is 15.2 Å². The van der Waals surface area contributed by atoms with Gasteiger partial charge in [-0.3, -0.25) is 4.79 Å². The molecule has 5 heteroatoms. The Kier molecular flexibility index (Phi) is 3.92. The lowest BCUT2D eigenvalue weighted by atomic mass is 10.1. The Morgan fingerprint density at radius 1 is 1.19 bits per heavy atom. The van der Waals surface area contributed by atoms with Gasteiger partial charge in [0, 0.05) is 0 Å². The Hall–Kier alpha value is -2.27. The topological polar surface area (TPSA) is 42.0 Å². The maximum atomic E-state index is 13.0. The second kappa shape index (κ2) is 6.01. The molecule has 0 fully saturated rings. The average Bonchev–Trinajstić information content (AvgIpc) is 2.88. The number of hydrogen-bond donors (Lipinski definition) is 1. The molecule has 3 aromatic rings. The molecule has 3 nitrogen and oxygen atoms in total. The molecule has 106 valence electrons. The van der Waals surface area contributed by atoms with Gasteiger partial charge in [-0.25, -0.2) is 9.37 Å². The third-order valence-corrected chi connectivity index (χ3v) is 4.07. The van der Waals surface area contributed by atoms with Crippen molar-refractivity contribution in [1.29, 1.82) is 0 Å². The monoisotopic (exact) mass is 300 g/mol. The molecule has 3 rings (SSSR count). The van der Waals surface area contributed by atoms with Crippen LogP contribution in [0.3, 0.4) is 0 Å². The third kappa shape index (κ3) is 3.44. The van der Waals surface area contributed by atoms with E-state index < -0.39 is 0 Å². The van der Waals surface area contributed by atoms with Crippen LogP contribution < -0.4 is 5.32 Å². The van der Waals surface area contributed by atoms with Gasteiger partial charge in [0.1, 0.15) is 10.8 Å². The van der Waals surface area contributed by atoms with E-state index in [4.69, 9.17) is 0 Å². The highest BCUT2D eigenvalue weighted by atomic mass is 32.1. The molecule has 0 unspecified atom stereocenters. The lowest BCUT2D eigenvalue weighted by Crippen LogP contribution is -2.24. The number of halogens is 1. The quantitative estimate of drug-likeness (QED) is 0.803. The molecule has 0 aliphatic carbocycles. The van der Waals surface area contributed by atoms with E-state index in [9.17, 15) is 9.18 Å². The number of nitrogens with zero attached hydrogens (tertiary/aromatic N) is 1. The maximum absolute atomic E-state index is 13.0. The number of rotatable bonds is 4. The molecule has 0 radical (unpaired) electrons. The second-order valence-electron chi connectivity index (χ2n) is 4.66. The molecule has 1 N–H and O–H groups in total. The van der Waals surface area contributed by atoms with Crippen LogP contribution in [-0.2, 0) is 17.8 Å². The van der Waals surface area contributed by atoms with Crippen molar-refractivity contribution < 1.29 is 9.18 Å². The van der Waals surface area contributed by atoms with Gasteiger partial charge in [0.15, 0.2) is 0 Å². The Bertz CT molecular complexity index is 752. The Morgan fingerprint density at radius 2 is 2.05 bits per heavy atom. The first-order valence-corrected chi connectivity index (χ1v) is 7.38. The molecule has 1 amide bonds. The number of amides is 1. The van der Waals surface area contributed by atoms with E-state index in [1.54, 1.807) is 23.5 Å². The van der Waals surface area contributed by atoms with Gasteiger partial charge in [-0.15, -0.1) is 11.3 Å². The molecule has 21 heavy (non-hydrogen) atoms. The van der Waals surface area contributed by atoms with Gasteiger partial charge >= 0.3 is 0 Å². The Balaban J connectivity index is 1.60. The average molecular weight is 300 g/mol. The van der Waals surface area contributed by atoms with E-state index in [1.807, 2.05) is 24.3 Å². The van der Waals surface area contributed by atoms with E-state index in [2.05, 4.69) is 10.3 Å². The maximum Gasteiger partial charge on any atom is 0.224 e. The van der Waals surface area contributed by atoms with Crippen LogP contribution >= 0.6 is 11.3 Å². The van der Waals surface area contributed by atoms with Gasteiger partial charge in [0.2, 0.25) is 5.91 Å². The number of aromatic nitrogens is 1. The molecule has 0 saturated carbocycles. The van der Waals surface area contributed by atoms with Crippen molar-refractivity contribution in [3.63, 3.8) is 0 Å². The van der Waals surface area contributed by atoms with Gasteiger partial charge in [-0.05, 0) is 29.8 Å². The van der Waals surface area contributed by atoms with E-state index in [-0.39, 0.29) is 18.1 Å². The highest BCUT2D eigenvalue weighted by Crippen LogP contribution is 2.21. The summed E-state index contributed by atoms with van der Waals surface area (Å²) < 4.78 is 14.2. The van der Waals surface area contributed by atoms with Crippen molar-refractivity contribution in [2.24, 2.45) is 0 Å². The van der Waals surface area contributed by atoms with Crippen molar-refractivity contribution >= 4 is 27.5 Å². The minimum Gasteiger partial charge on any atom is -0.349 e. The number of benzene rings is 2. The molecule has 0 bridgehead atoms. The van der Waals surface area contributed by atoms with Crippen LogP contribution in [0.2, 0.25) is 0 Å². The molecule has 1 aromatic heterocycles. The number of thiazole rings is 1. The highest BCUT2D eigenvalue weighted by molar-refractivity contribution is 7.18. The third-order valence-electron chi connectivity index (χ3n) is 3.03. The Morgan fingerprint density at radius 3 is 2.86 bits per heavy atom. The first-order valence-electron chi connectivity index (χ1n) is 6.56. The predicted octanol–water partition coefficient (Wildman–Crippen LogP) is 3.29. The number of fused-ring (bicyclic) bond motifs is 1. The van der Waals surface area contributed by atoms with E-state index in [1.165, 1.54) is 12.1 Å². The summed E-state index contributed by atoms with van der Waals surface area (Å²) in [4.78, 5) is 16.3. The number of hydrogen-bond acceptors (Lipinski definition) is 3. The molecule has 0 atom stereocenters. The normalized spacial score (nSPS) is 10.7. The van der Waals surface area contributed by atoms with Crippen LogP contribution in [0.15, 0.2) is 48.5 Å². The van der Waals surface area contributed by atoms with Gasteiger partial charge in [-0.2, -0.15) is 0 Å². The number of para-hydroxylation sites is 1. The Labute approximate surface area is 125 Å². The lowest BCUT2D eigenvalue weighted by molar-refractivity contribution is -0.120. The predicted molar refractivity (Wildman–Crippen MR) is 81.6 cm³/mol. The molecule has 0 aliphatic heterocycles. The summed E-state index contributed by atoms with van der Waals surface area (Å²) in [5.74, 6) is -0.466. The van der Waals surface area contributed by atoms with Crippen LogP contribution in [0.5, 0.6) is 0 Å². The largest absolute Gasteiger partial charge is 0.349 e. The van der Waals surface area contributed by atoms with Crippen molar-refractivity contribution in [1.82, 2.24) is 10.3 Å². The van der Waals surface area contributed by atoms with Crippen LogP contribution in [0, 0.1) is 5.82 Å². The first-order chi connectivity index (χ1) is 10.2. The van der Waals surface area contributed by atoms with E-state index in [0.29, 0.717) is 12.1 Å². The van der Waals surface area contributed by atoms with Crippen LogP contribution in [0.1, 0.15) is 10.6 Å². The zero-order valence-electron chi connectivity index (χ0n) is 11.2. The second-order valence-corrected chi connectivity index (χ2v) is 5.77. The molecule has 0 spiro atoms. The summed E-state index contributed by atoms with van der Waals surface area (Å²) >= 11 is 1.56. The van der Waals surface area contributed by atoms with Gasteiger partial charge in [-0.1, -0.05) is 24.3 Å². The van der Waals surface area contributed by atoms with Crippen LogP contribution in [0.25, 0.3) is 10.2 Å². The van der Waals surface area contributed by atoms with E-state index >= 15 is 0 Å². The fourth-order valence-corrected chi connectivity index (χ4v) is 2.97. The minimum atomic E-state index is -0.327. The molecule has 2 aromatic carbocycles. The summed E-state index contributed by atoms with van der Waals surface area (Å²) in [6.07, 6.45) is 0.169. The SMILES string of the molecule is O=C(Cc1cccc(F)c1)NCc1nc2ccccc2s1. The zero-order chi connectivity index (χ0) is 14.7. The smallest absolute Gasteiger partial charge is 0.224 e. The fraction of sp³-hybridized carbons (Fsp3) is 0.125. The van der Waals surface area contributed by atoms with Gasteiger partial charge < -0.3 is 5.32 Å². The van der Waals surface area contributed by atoms with Crippen molar-refractivity contribution in [3.8, 4) is 0 Å². The number of carbonyl (C=O) groups excluding carboxylic acids is 1. The van der Waals surface area contributed by atoms with Crippen LogP contribution in [-0.4, -0.2) is 10.9 Å². The molecular formula is C16H13FN2OS. The molecular weight excluding hydrogens is 287 g/mol. The molecule has 1 heterocycles. The first kappa shape index (κ1) is 13.7. The van der Waals surface area contributed by atoms with Crippen molar-refractivity contribution in [2.45, 2.75) is 13.0 Å². The summed E-state index contributed by atoms with van der Waals surface area (Å²) in [6.45, 7) is 0.396. The molecule has 0 saturated heterocycles. The molecule has 0 aliphatic rings. The summed E-state index contributed by atoms with van der Waals surface area (Å²) in [5.41, 5.74) is 1.61. The standard InChI is InChI=1S/C16H13FN2OS/c17-12-5-3-4-11(8-12)9-15(20)18-10-16-19-13-6-1-2-7-14(13)21-16/h1-8H,9-10H2,(H,18,20). The number of nitrogens with one attached hydrogen (secondary N) is 1. The van der Waals surface area contributed by atoms with Crippen molar-refractivity contribution in [2.75, 3.05) is 0 Å². The van der Waals surface area contributed by atoms with Gasteiger partial charge in [0.25, 0.3) is 0 Å². The lowest BCUT2D eigenvalue weighted by Gasteiger charge is -2.03. The van der Waals surface area contributed by atoms with Crippen LogP contribution in [0.4, 0.5) is 4.39 Å². The minimum absolute atomic E-state index is 0.139. The summed E-state index contributed by atoms with van der Waals surface area (Å²) in [5, 5.41) is 3.68. The summed E-state index contributed by atoms with van der Waals surface area (Å²) in [7, 11) is 0. The highest BCUT2D eigenvalue weighted by Gasteiger charge is 2.07. The zero-order valence-corrected chi connectivity index (χ0v) is 12.0.